The lowest BCUT2D eigenvalue weighted by molar-refractivity contribution is 0.544. The van der Waals surface area contributed by atoms with Crippen molar-refractivity contribution in [3.63, 3.8) is 0 Å². The molecule has 116 valence electrons. The number of hydrogen-bond acceptors (Lipinski definition) is 3. The molecule has 0 N–H and O–H groups in total. The molecule has 1 saturated heterocycles. The molecule has 2 aliphatic rings. The molecule has 6 heteroatoms. The van der Waals surface area contributed by atoms with Gasteiger partial charge in [0.2, 0.25) is 0 Å². The van der Waals surface area contributed by atoms with Gasteiger partial charge in [0.05, 0.1) is 11.7 Å². The highest BCUT2D eigenvalue weighted by Crippen LogP contribution is 2.63. The fraction of sp³-hybridized carbons (Fsp3) is 0.294. The van der Waals surface area contributed by atoms with E-state index in [0.29, 0.717) is 11.5 Å². The number of fused-ring (bicyclic) bond motifs is 2. The summed E-state index contributed by atoms with van der Waals surface area (Å²) in [6, 6.07) is 7.45. The van der Waals surface area contributed by atoms with E-state index in [-0.39, 0.29) is 5.82 Å². The number of anilines is 1. The fourth-order valence-corrected chi connectivity index (χ4v) is 4.05. The molecule has 1 aromatic carbocycles. The van der Waals surface area contributed by atoms with Crippen molar-refractivity contribution in [1.29, 1.82) is 0 Å². The van der Waals surface area contributed by atoms with Crippen molar-refractivity contribution in [3.05, 3.63) is 59.9 Å². The third kappa shape index (κ3) is 1.69. The maximum absolute atomic E-state index is 14.4. The lowest BCUT2D eigenvalue weighted by Crippen LogP contribution is -2.34. The number of nitrogens with zero attached hydrogens (tertiary/aromatic N) is 4. The van der Waals surface area contributed by atoms with Gasteiger partial charge in [0, 0.05) is 24.4 Å². The molecule has 3 aromatic rings. The van der Waals surface area contributed by atoms with Crippen LogP contribution in [0.15, 0.2) is 42.7 Å². The van der Waals surface area contributed by atoms with Crippen LogP contribution < -0.4 is 4.90 Å². The first kappa shape index (κ1) is 13.0. The molecule has 4 nitrogen and oxygen atoms in total. The van der Waals surface area contributed by atoms with E-state index in [1.165, 1.54) is 18.2 Å². The van der Waals surface area contributed by atoms with Gasteiger partial charge in [-0.15, -0.1) is 0 Å². The van der Waals surface area contributed by atoms with Gasteiger partial charge in [-0.2, -0.15) is 5.10 Å². The van der Waals surface area contributed by atoms with Crippen molar-refractivity contribution in [2.24, 2.45) is 5.92 Å². The lowest BCUT2D eigenvalue weighted by atomic mass is 10.0. The van der Waals surface area contributed by atoms with Gasteiger partial charge in [0.15, 0.2) is 5.65 Å². The number of aromatic nitrogens is 3. The number of piperidine rings is 1. The average Bonchev–Trinajstić information content (AvgIpc) is 2.93. The molecule has 5 rings (SSSR count). The minimum absolute atomic E-state index is 0.341. The number of hydrogen-bond donors (Lipinski definition) is 0. The van der Waals surface area contributed by atoms with Crippen molar-refractivity contribution in [2.45, 2.75) is 18.4 Å². The number of benzene rings is 1. The molecule has 1 aliphatic carbocycles. The van der Waals surface area contributed by atoms with E-state index in [4.69, 9.17) is 0 Å². The Labute approximate surface area is 131 Å². The molecule has 3 heterocycles. The Morgan fingerprint density at radius 2 is 2.09 bits per heavy atom. The molecular weight excluding hydrogens is 298 g/mol. The van der Waals surface area contributed by atoms with Gasteiger partial charge in [0.1, 0.15) is 17.5 Å². The quantitative estimate of drug-likeness (QED) is 0.729. The van der Waals surface area contributed by atoms with Gasteiger partial charge in [-0.1, -0.05) is 0 Å². The summed E-state index contributed by atoms with van der Waals surface area (Å²) in [5.41, 5.74) is 0.758. The third-order valence-electron chi connectivity index (χ3n) is 5.17. The smallest absolute Gasteiger partial charge is 0.157 e. The first-order chi connectivity index (χ1) is 11.2. The van der Waals surface area contributed by atoms with Crippen LogP contribution in [0, 0.1) is 17.6 Å². The van der Waals surface area contributed by atoms with Crippen LogP contribution in [0.5, 0.6) is 0 Å². The van der Waals surface area contributed by atoms with Crippen molar-refractivity contribution >= 4 is 11.5 Å². The van der Waals surface area contributed by atoms with Crippen LogP contribution in [0.3, 0.4) is 0 Å². The predicted octanol–water partition coefficient (Wildman–Crippen LogP) is 3.13. The monoisotopic (exact) mass is 312 g/mol. The van der Waals surface area contributed by atoms with Crippen molar-refractivity contribution < 1.29 is 8.78 Å². The predicted molar refractivity (Wildman–Crippen MR) is 81.1 cm³/mol. The summed E-state index contributed by atoms with van der Waals surface area (Å²) >= 11 is 0. The van der Waals surface area contributed by atoms with E-state index in [2.05, 4.69) is 15.0 Å². The Balaban J connectivity index is 1.64. The van der Waals surface area contributed by atoms with Crippen LogP contribution in [-0.2, 0) is 5.54 Å². The summed E-state index contributed by atoms with van der Waals surface area (Å²) in [4.78, 5) is 6.75. The Hall–Kier alpha value is -2.50. The normalized spacial score (nSPS) is 25.8. The molecule has 0 unspecified atom stereocenters. The summed E-state index contributed by atoms with van der Waals surface area (Å²) < 4.78 is 29.7. The van der Waals surface area contributed by atoms with E-state index in [9.17, 15) is 8.78 Å². The maximum atomic E-state index is 14.4. The summed E-state index contributed by atoms with van der Waals surface area (Å²) in [5, 5.41) is 4.14. The zero-order valence-electron chi connectivity index (χ0n) is 12.3. The van der Waals surface area contributed by atoms with E-state index in [0.717, 1.165) is 30.9 Å². The second-order valence-electron chi connectivity index (χ2n) is 6.31. The molecule has 0 amide bonds. The van der Waals surface area contributed by atoms with Crippen molar-refractivity contribution in [2.75, 3.05) is 11.4 Å². The first-order valence-electron chi connectivity index (χ1n) is 7.72. The fourth-order valence-electron chi connectivity index (χ4n) is 4.05. The molecule has 0 bridgehead atoms. The van der Waals surface area contributed by atoms with Gasteiger partial charge in [-0.05, 0) is 43.0 Å². The minimum atomic E-state index is -0.447. The van der Waals surface area contributed by atoms with E-state index >= 15 is 0 Å². The van der Waals surface area contributed by atoms with Crippen molar-refractivity contribution in [1.82, 2.24) is 14.6 Å². The van der Waals surface area contributed by atoms with Crippen LogP contribution in [0.4, 0.5) is 14.6 Å². The van der Waals surface area contributed by atoms with Gasteiger partial charge in [-0.25, -0.2) is 18.3 Å². The Morgan fingerprint density at radius 3 is 2.96 bits per heavy atom. The van der Waals surface area contributed by atoms with Gasteiger partial charge >= 0.3 is 0 Å². The summed E-state index contributed by atoms with van der Waals surface area (Å²) in [7, 11) is 0. The second kappa shape index (κ2) is 4.28. The van der Waals surface area contributed by atoms with Gasteiger partial charge in [0.25, 0.3) is 0 Å². The van der Waals surface area contributed by atoms with Crippen molar-refractivity contribution in [3.8, 4) is 0 Å². The second-order valence-corrected chi connectivity index (χ2v) is 6.31. The highest BCUT2D eigenvalue weighted by atomic mass is 19.1. The maximum Gasteiger partial charge on any atom is 0.157 e. The SMILES string of the molecule is Fc1ccc(F)c([C@@]23C[C@@H]2CCN3c2ccn3nccc3n2)c1. The van der Waals surface area contributed by atoms with Gasteiger partial charge in [-0.3, -0.25) is 0 Å². The molecule has 1 aliphatic heterocycles. The minimum Gasteiger partial charge on any atom is -0.346 e. The Morgan fingerprint density at radius 1 is 1.17 bits per heavy atom. The molecule has 1 saturated carbocycles. The van der Waals surface area contributed by atoms with Crippen LogP contribution in [0.25, 0.3) is 5.65 Å². The molecule has 2 atom stereocenters. The average molecular weight is 312 g/mol. The zero-order chi connectivity index (χ0) is 15.6. The van der Waals surface area contributed by atoms with E-state index < -0.39 is 11.4 Å². The first-order valence-corrected chi connectivity index (χ1v) is 7.72. The Kier molecular flexibility index (Phi) is 2.42. The zero-order valence-corrected chi connectivity index (χ0v) is 12.3. The van der Waals surface area contributed by atoms with E-state index in [1.807, 2.05) is 18.3 Å². The van der Waals surface area contributed by atoms with Crippen LogP contribution in [0.2, 0.25) is 0 Å². The summed E-state index contributed by atoms with van der Waals surface area (Å²) in [6.45, 7) is 0.804. The molecule has 2 aromatic heterocycles. The largest absolute Gasteiger partial charge is 0.346 e. The third-order valence-corrected chi connectivity index (χ3v) is 5.17. The van der Waals surface area contributed by atoms with E-state index in [1.54, 1.807) is 10.7 Å². The molecule has 23 heavy (non-hydrogen) atoms. The van der Waals surface area contributed by atoms with Crippen LogP contribution in [0.1, 0.15) is 18.4 Å². The summed E-state index contributed by atoms with van der Waals surface area (Å²) in [6.07, 6.45) is 5.36. The Bertz CT molecular complexity index is 922. The summed E-state index contributed by atoms with van der Waals surface area (Å²) in [5.74, 6) is 0.419. The standard InChI is InChI=1S/C17H14F2N4/c18-12-1-2-14(19)13(9-12)17-10-11(17)4-7-22(17)15-5-8-23-16(21-15)3-6-20-23/h1-3,5-6,8-9,11H,4,7,10H2/t11-,17+/m0/s1. The molecule has 2 fully saturated rings. The van der Waals surface area contributed by atoms with Crippen LogP contribution >= 0.6 is 0 Å². The number of halogens is 2. The lowest BCUT2D eigenvalue weighted by Gasteiger charge is -2.30. The topological polar surface area (TPSA) is 33.4 Å². The molecule has 0 radical (unpaired) electrons. The number of rotatable bonds is 2. The molecule has 0 spiro atoms. The van der Waals surface area contributed by atoms with Crippen LogP contribution in [-0.4, -0.2) is 21.1 Å². The molecular formula is C17H14F2N4. The van der Waals surface area contributed by atoms with Gasteiger partial charge < -0.3 is 4.90 Å². The highest BCUT2D eigenvalue weighted by molar-refractivity contribution is 5.56. The highest BCUT2D eigenvalue weighted by Gasteiger charge is 2.64.